The van der Waals surface area contributed by atoms with Gasteiger partial charge >= 0.3 is 12.5 Å². The molecule has 36 heavy (non-hydrogen) atoms. The summed E-state index contributed by atoms with van der Waals surface area (Å²) in [6.07, 6.45) is -9.31. The number of amides is 2. The van der Waals surface area contributed by atoms with Gasteiger partial charge in [-0.3, -0.25) is 9.59 Å². The van der Waals surface area contributed by atoms with Crippen molar-refractivity contribution in [1.29, 1.82) is 0 Å². The summed E-state index contributed by atoms with van der Waals surface area (Å²) in [5.41, 5.74) is -0.519. The third-order valence-corrected chi connectivity index (χ3v) is 5.20. The smallest absolute Gasteiger partial charge is 0.484 e. The number of nitrogens with zero attached hydrogens (tertiary/aromatic N) is 1. The average molecular weight is 533 g/mol. The number of alkyl halides is 6. The first-order valence-corrected chi connectivity index (χ1v) is 10.9. The van der Waals surface area contributed by atoms with Crippen LogP contribution < -0.4 is 20.1 Å². The van der Waals surface area contributed by atoms with Crippen molar-refractivity contribution < 1.29 is 45.4 Å². The summed E-state index contributed by atoms with van der Waals surface area (Å²) < 4.78 is 83.8. The molecule has 14 heteroatoms. The van der Waals surface area contributed by atoms with E-state index in [2.05, 4.69) is 20.4 Å². The normalized spacial score (nSPS) is 11.6. The minimum absolute atomic E-state index is 0.0217. The summed E-state index contributed by atoms with van der Waals surface area (Å²) in [6.45, 7) is -0.575. The number of aromatic nitrogens is 1. The molecule has 2 aromatic carbocycles. The van der Waals surface area contributed by atoms with Gasteiger partial charge in [0, 0.05) is 11.9 Å². The maximum atomic E-state index is 12.8. The van der Waals surface area contributed by atoms with Crippen LogP contribution in [0.15, 0.2) is 53.9 Å². The zero-order valence-corrected chi connectivity index (χ0v) is 18.9. The summed E-state index contributed by atoms with van der Waals surface area (Å²) in [7, 11) is 0. The van der Waals surface area contributed by atoms with E-state index >= 15 is 0 Å². The highest BCUT2D eigenvalue weighted by Gasteiger charge is 2.31. The summed E-state index contributed by atoms with van der Waals surface area (Å²) >= 11 is 1.09. The van der Waals surface area contributed by atoms with Gasteiger partial charge in [0.25, 0.3) is 11.8 Å². The van der Waals surface area contributed by atoms with Gasteiger partial charge in [-0.15, -0.1) is 24.5 Å². The second-order valence-corrected chi connectivity index (χ2v) is 8.03. The fraction of sp³-hybridized carbons (Fsp3) is 0.227. The molecule has 0 aliphatic heterocycles. The van der Waals surface area contributed by atoms with E-state index in [1.54, 1.807) is 0 Å². The van der Waals surface area contributed by atoms with Crippen LogP contribution in [0.4, 0.5) is 26.3 Å². The summed E-state index contributed by atoms with van der Waals surface area (Å²) in [4.78, 5) is 28.3. The molecule has 0 saturated carbocycles. The minimum atomic E-state index is -4.82. The maximum absolute atomic E-state index is 12.8. The van der Waals surface area contributed by atoms with E-state index < -0.39 is 42.3 Å². The fourth-order valence-electron chi connectivity index (χ4n) is 2.74. The lowest BCUT2D eigenvalue weighted by atomic mass is 10.1. The minimum Gasteiger partial charge on any atom is -0.484 e. The van der Waals surface area contributed by atoms with Gasteiger partial charge < -0.3 is 20.1 Å². The van der Waals surface area contributed by atoms with Crippen LogP contribution in [0.5, 0.6) is 11.5 Å². The van der Waals surface area contributed by atoms with Gasteiger partial charge in [0.15, 0.2) is 6.61 Å². The fourth-order valence-corrected chi connectivity index (χ4v) is 3.45. The van der Waals surface area contributed by atoms with Crippen LogP contribution in [0.25, 0.3) is 0 Å². The number of halogens is 6. The number of benzene rings is 2. The summed E-state index contributed by atoms with van der Waals surface area (Å²) in [5, 5.41) is 6.83. The van der Waals surface area contributed by atoms with Gasteiger partial charge in [-0.05, 0) is 42.0 Å². The molecule has 7 nitrogen and oxygen atoms in total. The Kier molecular flexibility index (Phi) is 8.40. The van der Waals surface area contributed by atoms with Crippen LogP contribution in [-0.4, -0.2) is 29.8 Å². The van der Waals surface area contributed by atoms with Gasteiger partial charge in [-0.2, -0.15) is 13.2 Å². The highest BCUT2D eigenvalue weighted by molar-refractivity contribution is 7.09. The zero-order valence-electron chi connectivity index (χ0n) is 18.1. The second kappa shape index (κ2) is 11.3. The highest BCUT2D eigenvalue weighted by atomic mass is 32.1. The van der Waals surface area contributed by atoms with Crippen LogP contribution in [0.1, 0.15) is 26.6 Å². The predicted octanol–water partition coefficient (Wildman–Crippen LogP) is 4.69. The third kappa shape index (κ3) is 8.45. The van der Waals surface area contributed by atoms with Crippen LogP contribution >= 0.6 is 11.3 Å². The van der Waals surface area contributed by atoms with Gasteiger partial charge in [0.05, 0.1) is 12.1 Å². The Labute approximate surface area is 204 Å². The van der Waals surface area contributed by atoms with E-state index in [-0.39, 0.29) is 30.1 Å². The van der Waals surface area contributed by atoms with Crippen molar-refractivity contribution in [3.63, 3.8) is 0 Å². The molecule has 0 aliphatic carbocycles. The van der Waals surface area contributed by atoms with Crippen LogP contribution in [-0.2, 0) is 24.1 Å². The number of nitrogens with one attached hydrogen (secondary N) is 2. The first kappa shape index (κ1) is 26.8. The Morgan fingerprint density at radius 2 is 1.61 bits per heavy atom. The molecule has 0 bridgehead atoms. The van der Waals surface area contributed by atoms with Crippen molar-refractivity contribution in [2.45, 2.75) is 25.6 Å². The van der Waals surface area contributed by atoms with Gasteiger partial charge in [0.2, 0.25) is 0 Å². The van der Waals surface area contributed by atoms with Crippen molar-refractivity contribution in [3.05, 3.63) is 75.7 Å². The lowest BCUT2D eigenvalue weighted by Crippen LogP contribution is -2.28. The van der Waals surface area contributed by atoms with Gasteiger partial charge in [-0.25, -0.2) is 4.98 Å². The van der Waals surface area contributed by atoms with E-state index in [9.17, 15) is 35.9 Å². The summed E-state index contributed by atoms with van der Waals surface area (Å²) in [5.74, 6) is -1.43. The Balaban J connectivity index is 1.42. The Bertz CT molecular complexity index is 1200. The van der Waals surface area contributed by atoms with Crippen molar-refractivity contribution in [2.24, 2.45) is 0 Å². The van der Waals surface area contributed by atoms with Crippen LogP contribution in [0.2, 0.25) is 0 Å². The Hall–Kier alpha value is -3.81. The highest BCUT2D eigenvalue weighted by Crippen LogP contribution is 2.29. The molecule has 2 amide bonds. The number of rotatable bonds is 9. The van der Waals surface area contributed by atoms with Crippen molar-refractivity contribution >= 4 is 23.2 Å². The molecule has 192 valence electrons. The summed E-state index contributed by atoms with van der Waals surface area (Å²) in [6, 6.07) is 9.06. The quantitative estimate of drug-likeness (QED) is 0.390. The van der Waals surface area contributed by atoms with Gasteiger partial charge in [-0.1, -0.05) is 12.1 Å². The SMILES string of the molecule is O=C(COc1ccc(OC(F)(F)F)cc1)NCc1nc(C(=O)NCc2cccc(C(F)(F)F)c2)cs1. The van der Waals surface area contributed by atoms with Crippen LogP contribution in [0.3, 0.4) is 0 Å². The molecule has 0 atom stereocenters. The van der Waals surface area contributed by atoms with Crippen molar-refractivity contribution in [3.8, 4) is 11.5 Å². The molecule has 0 unspecified atom stereocenters. The first-order chi connectivity index (χ1) is 16.9. The molecular formula is C22H17F6N3O4S. The first-order valence-electron chi connectivity index (χ1n) is 10.0. The molecule has 1 heterocycles. The lowest BCUT2D eigenvalue weighted by Gasteiger charge is -2.10. The van der Waals surface area contributed by atoms with E-state index in [1.165, 1.54) is 29.6 Å². The molecule has 3 aromatic rings. The molecule has 0 aliphatic rings. The predicted molar refractivity (Wildman–Crippen MR) is 115 cm³/mol. The number of carbonyl (C=O) groups is 2. The van der Waals surface area contributed by atoms with Crippen molar-refractivity contribution in [1.82, 2.24) is 15.6 Å². The Morgan fingerprint density at radius 3 is 2.28 bits per heavy atom. The standard InChI is InChI=1S/C22H17F6N3O4S/c23-21(24,25)14-3-1-2-13(8-14)9-30-20(33)17-12-36-19(31-17)10-29-18(32)11-34-15-4-6-16(7-5-15)35-22(26,27)28/h1-8,12H,9-11H2,(H,29,32)(H,30,33). The van der Waals surface area contributed by atoms with Gasteiger partial charge in [0.1, 0.15) is 22.2 Å². The molecule has 2 N–H and O–H groups in total. The van der Waals surface area contributed by atoms with E-state index in [0.29, 0.717) is 5.01 Å². The van der Waals surface area contributed by atoms with Crippen molar-refractivity contribution in [2.75, 3.05) is 6.61 Å². The number of ether oxygens (including phenoxy) is 2. The molecule has 0 spiro atoms. The monoisotopic (exact) mass is 533 g/mol. The molecule has 3 rings (SSSR count). The van der Waals surface area contributed by atoms with E-state index in [0.717, 1.165) is 35.6 Å². The van der Waals surface area contributed by atoms with Crippen LogP contribution in [0, 0.1) is 0 Å². The van der Waals surface area contributed by atoms with E-state index in [4.69, 9.17) is 4.74 Å². The molecular weight excluding hydrogens is 516 g/mol. The second-order valence-electron chi connectivity index (χ2n) is 7.09. The average Bonchev–Trinajstić information content (AvgIpc) is 3.29. The Morgan fingerprint density at radius 1 is 0.917 bits per heavy atom. The molecule has 0 radical (unpaired) electrons. The third-order valence-electron chi connectivity index (χ3n) is 4.36. The maximum Gasteiger partial charge on any atom is 0.573 e. The van der Waals surface area contributed by atoms with E-state index in [1.807, 2.05) is 0 Å². The topological polar surface area (TPSA) is 89.6 Å². The number of carbonyl (C=O) groups excluding carboxylic acids is 2. The number of thiazole rings is 1. The zero-order chi connectivity index (χ0) is 26.3. The largest absolute Gasteiger partial charge is 0.573 e. The molecule has 0 fully saturated rings. The number of hydrogen-bond donors (Lipinski definition) is 2. The molecule has 0 saturated heterocycles. The lowest BCUT2D eigenvalue weighted by molar-refractivity contribution is -0.274. The molecule has 1 aromatic heterocycles. The number of hydrogen-bond acceptors (Lipinski definition) is 6.